The van der Waals surface area contributed by atoms with Crippen molar-refractivity contribution in [2.24, 2.45) is 5.92 Å². The average molecular weight is 366 g/mol. The summed E-state index contributed by atoms with van der Waals surface area (Å²) in [6, 6.07) is 15.5. The highest BCUT2D eigenvalue weighted by Crippen LogP contribution is 2.23. The highest BCUT2D eigenvalue weighted by Gasteiger charge is 2.24. The van der Waals surface area contributed by atoms with Crippen LogP contribution >= 0.6 is 0 Å². The van der Waals surface area contributed by atoms with Gasteiger partial charge in [0.2, 0.25) is 5.91 Å². The average Bonchev–Trinajstić information content (AvgIpc) is 2.74. The van der Waals surface area contributed by atoms with E-state index in [1.807, 2.05) is 48.5 Å². The number of anilines is 1. The monoisotopic (exact) mass is 366 g/mol. The molecule has 0 bridgehead atoms. The first kappa shape index (κ1) is 19.0. The lowest BCUT2D eigenvalue weighted by Crippen LogP contribution is -2.41. The molecule has 5 nitrogen and oxygen atoms in total. The second-order valence-corrected chi connectivity index (χ2v) is 6.86. The molecule has 0 unspecified atom stereocenters. The molecule has 2 aromatic carbocycles. The number of nitrogens with zero attached hydrogens (tertiary/aromatic N) is 1. The van der Waals surface area contributed by atoms with E-state index in [9.17, 15) is 9.59 Å². The minimum atomic E-state index is 0.0702. The molecule has 0 aromatic heterocycles. The predicted molar refractivity (Wildman–Crippen MR) is 106 cm³/mol. The van der Waals surface area contributed by atoms with Crippen molar-refractivity contribution in [3.63, 3.8) is 0 Å². The van der Waals surface area contributed by atoms with Crippen LogP contribution in [-0.4, -0.2) is 38.9 Å². The number of methoxy groups -OCH3 is 1. The maximum Gasteiger partial charge on any atom is 0.223 e. The van der Waals surface area contributed by atoms with Gasteiger partial charge in [-0.1, -0.05) is 12.1 Å². The molecule has 1 saturated heterocycles. The van der Waals surface area contributed by atoms with E-state index in [1.165, 1.54) is 0 Å². The molecule has 1 aliphatic heterocycles. The summed E-state index contributed by atoms with van der Waals surface area (Å²) in [5.74, 6) is 1.06. The number of aldehydes is 1. The summed E-state index contributed by atoms with van der Waals surface area (Å²) in [6.45, 7) is 2.35. The van der Waals surface area contributed by atoms with Gasteiger partial charge in [0.05, 0.1) is 7.11 Å². The Bertz CT molecular complexity index is 765. The fourth-order valence-electron chi connectivity index (χ4n) is 3.47. The Morgan fingerprint density at radius 3 is 2.59 bits per heavy atom. The molecule has 3 rings (SSSR count). The summed E-state index contributed by atoms with van der Waals surface area (Å²) in [5.41, 5.74) is 2.95. The zero-order valence-corrected chi connectivity index (χ0v) is 15.7. The van der Waals surface area contributed by atoms with Crippen molar-refractivity contribution in [3.8, 4) is 5.75 Å². The van der Waals surface area contributed by atoms with Crippen molar-refractivity contribution in [1.82, 2.24) is 5.32 Å². The van der Waals surface area contributed by atoms with Gasteiger partial charge in [0.1, 0.15) is 12.0 Å². The minimum Gasteiger partial charge on any atom is -0.497 e. The number of benzene rings is 2. The maximum atomic E-state index is 12.4. The fraction of sp³-hybridized carbons (Fsp3) is 0.364. The molecule has 0 saturated carbocycles. The highest BCUT2D eigenvalue weighted by atomic mass is 16.5. The van der Waals surface area contributed by atoms with E-state index < -0.39 is 0 Å². The molecule has 2 aromatic rings. The second kappa shape index (κ2) is 9.21. The van der Waals surface area contributed by atoms with Crippen LogP contribution in [0, 0.1) is 5.92 Å². The fourth-order valence-corrected chi connectivity index (χ4v) is 3.47. The lowest BCUT2D eigenvalue weighted by Gasteiger charge is -2.33. The zero-order chi connectivity index (χ0) is 19.1. The Morgan fingerprint density at radius 1 is 1.19 bits per heavy atom. The molecule has 1 heterocycles. The van der Waals surface area contributed by atoms with Crippen LogP contribution in [0.3, 0.4) is 0 Å². The summed E-state index contributed by atoms with van der Waals surface area (Å²) < 4.78 is 5.23. The van der Waals surface area contributed by atoms with Crippen LogP contribution in [0.25, 0.3) is 0 Å². The quantitative estimate of drug-likeness (QED) is 0.765. The Balaban J connectivity index is 1.43. The summed E-state index contributed by atoms with van der Waals surface area (Å²) in [6.07, 6.45) is 3.34. The number of hydrogen-bond donors (Lipinski definition) is 1. The van der Waals surface area contributed by atoms with Crippen LogP contribution in [0.15, 0.2) is 48.5 Å². The van der Waals surface area contributed by atoms with Gasteiger partial charge in [-0.2, -0.15) is 0 Å². The molecule has 1 aliphatic rings. The smallest absolute Gasteiger partial charge is 0.223 e. The van der Waals surface area contributed by atoms with Crippen LogP contribution in [-0.2, 0) is 11.2 Å². The van der Waals surface area contributed by atoms with Crippen LogP contribution in [0.1, 0.15) is 28.8 Å². The normalized spacial score (nSPS) is 14.6. The molecule has 5 heteroatoms. The Labute approximate surface area is 160 Å². The SMILES string of the molecule is COc1cccc(CCNC(=O)C2CCN(c3ccc(C=O)cc3)CC2)c1. The predicted octanol–water partition coefficient (Wildman–Crippen LogP) is 3.08. The molecule has 1 amide bonds. The highest BCUT2D eigenvalue weighted by molar-refractivity contribution is 5.79. The van der Waals surface area contributed by atoms with E-state index in [0.29, 0.717) is 12.1 Å². The number of rotatable bonds is 7. The number of amides is 1. The number of ether oxygens (including phenoxy) is 1. The van der Waals surface area contributed by atoms with Crippen LogP contribution in [0.4, 0.5) is 5.69 Å². The van der Waals surface area contributed by atoms with Crippen molar-refractivity contribution in [1.29, 1.82) is 0 Å². The molecule has 27 heavy (non-hydrogen) atoms. The summed E-state index contributed by atoms with van der Waals surface area (Å²) in [5, 5.41) is 3.07. The van der Waals surface area contributed by atoms with Gasteiger partial charge in [0.25, 0.3) is 0 Å². The first-order valence-electron chi connectivity index (χ1n) is 9.40. The van der Waals surface area contributed by atoms with Gasteiger partial charge in [0, 0.05) is 36.8 Å². The molecular formula is C22H26N2O3. The van der Waals surface area contributed by atoms with Gasteiger partial charge in [-0.3, -0.25) is 9.59 Å². The van der Waals surface area contributed by atoms with Crippen molar-refractivity contribution in [2.45, 2.75) is 19.3 Å². The van der Waals surface area contributed by atoms with Crippen molar-refractivity contribution < 1.29 is 14.3 Å². The lowest BCUT2D eigenvalue weighted by atomic mass is 9.95. The van der Waals surface area contributed by atoms with Crippen LogP contribution in [0.2, 0.25) is 0 Å². The molecule has 0 atom stereocenters. The maximum absolute atomic E-state index is 12.4. The largest absolute Gasteiger partial charge is 0.497 e. The van der Waals surface area contributed by atoms with Gasteiger partial charge in [-0.15, -0.1) is 0 Å². The van der Waals surface area contributed by atoms with Gasteiger partial charge >= 0.3 is 0 Å². The molecule has 0 radical (unpaired) electrons. The number of piperidine rings is 1. The summed E-state index contributed by atoms with van der Waals surface area (Å²) in [7, 11) is 1.66. The third kappa shape index (κ3) is 5.09. The molecule has 1 fully saturated rings. The van der Waals surface area contributed by atoms with Crippen LogP contribution < -0.4 is 15.0 Å². The number of hydrogen-bond acceptors (Lipinski definition) is 4. The van der Waals surface area contributed by atoms with E-state index >= 15 is 0 Å². The van der Waals surface area contributed by atoms with E-state index in [0.717, 1.165) is 55.6 Å². The third-order valence-corrected chi connectivity index (χ3v) is 5.11. The van der Waals surface area contributed by atoms with Gasteiger partial charge in [-0.25, -0.2) is 0 Å². The standard InChI is InChI=1S/C22H26N2O3/c1-27-21-4-2-3-17(15-21)9-12-23-22(26)19-10-13-24(14-11-19)20-7-5-18(16-25)6-8-20/h2-8,15-16,19H,9-14H2,1H3,(H,23,26). The van der Waals surface area contributed by atoms with Gasteiger partial charge in [-0.05, 0) is 61.2 Å². The first-order valence-corrected chi connectivity index (χ1v) is 9.40. The zero-order valence-electron chi connectivity index (χ0n) is 15.7. The Hall–Kier alpha value is -2.82. The molecule has 142 valence electrons. The third-order valence-electron chi connectivity index (χ3n) is 5.11. The number of carbonyl (C=O) groups is 2. The van der Waals surface area contributed by atoms with Crippen molar-refractivity contribution >= 4 is 17.9 Å². The summed E-state index contributed by atoms with van der Waals surface area (Å²) in [4.78, 5) is 25.5. The van der Waals surface area contributed by atoms with Gasteiger partial charge < -0.3 is 15.0 Å². The van der Waals surface area contributed by atoms with Crippen LogP contribution in [0.5, 0.6) is 5.75 Å². The number of nitrogens with one attached hydrogen (secondary N) is 1. The molecular weight excluding hydrogens is 340 g/mol. The first-order chi connectivity index (χ1) is 13.2. The second-order valence-electron chi connectivity index (χ2n) is 6.86. The topological polar surface area (TPSA) is 58.6 Å². The van der Waals surface area contributed by atoms with E-state index in [4.69, 9.17) is 4.74 Å². The van der Waals surface area contributed by atoms with E-state index in [2.05, 4.69) is 10.2 Å². The minimum absolute atomic E-state index is 0.0702. The molecule has 0 spiro atoms. The van der Waals surface area contributed by atoms with Crippen molar-refractivity contribution in [3.05, 3.63) is 59.7 Å². The van der Waals surface area contributed by atoms with Crippen molar-refractivity contribution in [2.75, 3.05) is 31.6 Å². The molecule has 0 aliphatic carbocycles. The Morgan fingerprint density at radius 2 is 1.93 bits per heavy atom. The number of carbonyl (C=O) groups excluding carboxylic acids is 2. The Kier molecular flexibility index (Phi) is 6.47. The lowest BCUT2D eigenvalue weighted by molar-refractivity contribution is -0.125. The summed E-state index contributed by atoms with van der Waals surface area (Å²) >= 11 is 0. The van der Waals surface area contributed by atoms with E-state index in [-0.39, 0.29) is 11.8 Å². The van der Waals surface area contributed by atoms with Gasteiger partial charge in [0.15, 0.2) is 0 Å². The van der Waals surface area contributed by atoms with E-state index in [1.54, 1.807) is 7.11 Å². The molecule has 1 N–H and O–H groups in total.